The molecule has 2 aromatic rings. The molecule has 2 rings (SSSR count). The third-order valence-corrected chi connectivity index (χ3v) is 3.29. The lowest BCUT2D eigenvalue weighted by molar-refractivity contribution is -0.384. The molecule has 0 bridgehead atoms. The maximum Gasteiger partial charge on any atom is 0.276 e. The molecule has 0 spiro atoms. The molecule has 0 atom stereocenters. The van der Waals surface area contributed by atoms with Crippen LogP contribution in [-0.4, -0.2) is 22.2 Å². The van der Waals surface area contributed by atoms with Crippen molar-refractivity contribution in [1.29, 1.82) is 0 Å². The molecule has 1 aromatic heterocycles. The molecule has 1 aromatic carbocycles. The summed E-state index contributed by atoms with van der Waals surface area (Å²) in [5.41, 5.74) is 1.73. The summed E-state index contributed by atoms with van der Waals surface area (Å²) in [5, 5.41) is 21.8. The summed E-state index contributed by atoms with van der Waals surface area (Å²) in [6.07, 6.45) is 0. The van der Waals surface area contributed by atoms with Crippen molar-refractivity contribution < 1.29 is 9.34 Å². The molecule has 1 heterocycles. The number of benzene rings is 1. The molecular weight excluding hydrogens is 268 g/mol. The van der Waals surface area contributed by atoms with Gasteiger partial charge in [0.2, 0.25) is 5.89 Å². The van der Waals surface area contributed by atoms with Crippen LogP contribution in [-0.2, 0) is 5.75 Å². The second-order valence-electron chi connectivity index (χ2n) is 3.72. The van der Waals surface area contributed by atoms with E-state index in [-0.39, 0.29) is 5.69 Å². The van der Waals surface area contributed by atoms with Crippen LogP contribution in [0.4, 0.5) is 11.4 Å². The third kappa shape index (κ3) is 3.22. The minimum absolute atomic E-state index is 0.0660. The van der Waals surface area contributed by atoms with E-state index in [0.717, 1.165) is 11.3 Å². The van der Waals surface area contributed by atoms with Crippen molar-refractivity contribution in [3.05, 3.63) is 39.8 Å². The van der Waals surface area contributed by atoms with Crippen LogP contribution < -0.4 is 5.32 Å². The van der Waals surface area contributed by atoms with E-state index in [4.69, 9.17) is 4.42 Å². The second-order valence-corrected chi connectivity index (χ2v) is 4.65. The number of hydrogen-bond donors (Lipinski definition) is 1. The monoisotopic (exact) mass is 280 g/mol. The Hall–Kier alpha value is -2.09. The number of nitrogens with zero attached hydrogens (tertiary/aromatic N) is 3. The molecule has 0 saturated heterocycles. The number of nitro benzene ring substituents is 1. The van der Waals surface area contributed by atoms with Crippen molar-refractivity contribution in [2.24, 2.45) is 0 Å². The Kier molecular flexibility index (Phi) is 4.00. The van der Waals surface area contributed by atoms with Gasteiger partial charge < -0.3 is 9.73 Å². The normalized spacial score (nSPS) is 10.4. The van der Waals surface area contributed by atoms with Gasteiger partial charge in [-0.2, -0.15) is 0 Å². The summed E-state index contributed by atoms with van der Waals surface area (Å²) in [4.78, 5) is 10.4. The van der Waals surface area contributed by atoms with E-state index in [2.05, 4.69) is 15.5 Å². The molecule has 0 amide bonds. The average Bonchev–Trinajstić information content (AvgIpc) is 2.81. The Balaban J connectivity index is 2.17. The highest BCUT2D eigenvalue weighted by molar-refractivity contribution is 7.98. The Morgan fingerprint density at radius 2 is 2.26 bits per heavy atom. The van der Waals surface area contributed by atoms with Crippen molar-refractivity contribution in [3.63, 3.8) is 0 Å². The average molecular weight is 280 g/mol. The van der Waals surface area contributed by atoms with E-state index in [0.29, 0.717) is 16.9 Å². The molecule has 19 heavy (non-hydrogen) atoms. The fourth-order valence-corrected chi connectivity index (χ4v) is 2.33. The molecule has 0 radical (unpaired) electrons. The Morgan fingerprint density at radius 3 is 2.84 bits per heavy atom. The standard InChI is InChI=1S/C11H12N4O3S/c1-7-13-14-11(18-7)19-6-8-5-9(15(16)17)3-4-10(8)12-2/h3-5,12H,6H2,1-2H3. The zero-order valence-corrected chi connectivity index (χ0v) is 11.2. The number of nitro groups is 1. The molecule has 0 fully saturated rings. The largest absolute Gasteiger partial charge is 0.416 e. The highest BCUT2D eigenvalue weighted by atomic mass is 32.2. The smallest absolute Gasteiger partial charge is 0.276 e. The first kappa shape index (κ1) is 13.3. The Bertz CT molecular complexity index is 599. The van der Waals surface area contributed by atoms with E-state index >= 15 is 0 Å². The van der Waals surface area contributed by atoms with Gasteiger partial charge in [0.25, 0.3) is 10.9 Å². The van der Waals surface area contributed by atoms with Gasteiger partial charge >= 0.3 is 0 Å². The lowest BCUT2D eigenvalue weighted by atomic mass is 10.2. The molecular formula is C11H12N4O3S. The zero-order chi connectivity index (χ0) is 13.8. The van der Waals surface area contributed by atoms with Crippen LogP contribution in [0.5, 0.6) is 0 Å². The van der Waals surface area contributed by atoms with Gasteiger partial charge in [-0.15, -0.1) is 10.2 Å². The molecule has 0 aliphatic heterocycles. The fourth-order valence-electron chi connectivity index (χ4n) is 1.53. The minimum Gasteiger partial charge on any atom is -0.416 e. The van der Waals surface area contributed by atoms with Crippen molar-refractivity contribution in [2.45, 2.75) is 17.9 Å². The van der Waals surface area contributed by atoms with Gasteiger partial charge in [-0.1, -0.05) is 11.8 Å². The van der Waals surface area contributed by atoms with Crippen LogP contribution in [0.2, 0.25) is 0 Å². The van der Waals surface area contributed by atoms with Gasteiger partial charge in [0.1, 0.15) is 0 Å². The molecule has 8 heteroatoms. The Morgan fingerprint density at radius 1 is 1.47 bits per heavy atom. The van der Waals surface area contributed by atoms with Gasteiger partial charge in [-0.25, -0.2) is 0 Å². The molecule has 0 saturated carbocycles. The van der Waals surface area contributed by atoms with Gasteiger partial charge in [-0.05, 0) is 11.6 Å². The van der Waals surface area contributed by atoms with E-state index in [1.807, 2.05) is 0 Å². The SMILES string of the molecule is CNc1ccc([N+](=O)[O-])cc1CSc1nnc(C)o1. The van der Waals surface area contributed by atoms with Crippen molar-refractivity contribution in [1.82, 2.24) is 10.2 Å². The zero-order valence-electron chi connectivity index (χ0n) is 10.4. The van der Waals surface area contributed by atoms with Crippen molar-refractivity contribution in [2.75, 3.05) is 12.4 Å². The molecule has 1 N–H and O–H groups in total. The molecule has 0 aliphatic carbocycles. The molecule has 7 nitrogen and oxygen atoms in total. The van der Waals surface area contributed by atoms with Crippen molar-refractivity contribution in [3.8, 4) is 0 Å². The van der Waals surface area contributed by atoms with Crippen LogP contribution >= 0.6 is 11.8 Å². The van der Waals surface area contributed by atoms with E-state index < -0.39 is 4.92 Å². The first-order valence-corrected chi connectivity index (χ1v) is 6.46. The summed E-state index contributed by atoms with van der Waals surface area (Å²) in [6, 6.07) is 4.70. The van der Waals surface area contributed by atoms with Crippen LogP contribution in [0.1, 0.15) is 11.5 Å². The van der Waals surface area contributed by atoms with Gasteiger partial charge in [0.05, 0.1) is 4.92 Å². The molecule has 0 aliphatic rings. The van der Waals surface area contributed by atoms with Gasteiger partial charge in [0.15, 0.2) is 0 Å². The fraction of sp³-hybridized carbons (Fsp3) is 0.273. The highest BCUT2D eigenvalue weighted by Crippen LogP contribution is 2.28. The van der Waals surface area contributed by atoms with Crippen LogP contribution in [0.15, 0.2) is 27.8 Å². The Labute approximate surface area is 113 Å². The predicted molar refractivity (Wildman–Crippen MR) is 71.2 cm³/mol. The van der Waals surface area contributed by atoms with E-state index in [1.54, 1.807) is 26.1 Å². The quantitative estimate of drug-likeness (QED) is 0.511. The summed E-state index contributed by atoms with van der Waals surface area (Å²) in [6.45, 7) is 1.71. The van der Waals surface area contributed by atoms with Gasteiger partial charge in [-0.3, -0.25) is 10.1 Å². The third-order valence-electron chi connectivity index (χ3n) is 2.43. The number of aryl methyl sites for hydroxylation is 1. The minimum atomic E-state index is -0.412. The molecule has 0 unspecified atom stereocenters. The summed E-state index contributed by atoms with van der Waals surface area (Å²) in [7, 11) is 1.77. The first-order chi connectivity index (χ1) is 9.10. The number of anilines is 1. The van der Waals surface area contributed by atoms with E-state index in [9.17, 15) is 10.1 Å². The first-order valence-electron chi connectivity index (χ1n) is 5.48. The molecule has 100 valence electrons. The number of rotatable bonds is 5. The maximum atomic E-state index is 10.8. The van der Waals surface area contributed by atoms with Crippen LogP contribution in [0.3, 0.4) is 0 Å². The topological polar surface area (TPSA) is 94.1 Å². The number of aromatic nitrogens is 2. The lowest BCUT2D eigenvalue weighted by Gasteiger charge is -2.07. The van der Waals surface area contributed by atoms with E-state index in [1.165, 1.54) is 17.8 Å². The second kappa shape index (κ2) is 5.70. The highest BCUT2D eigenvalue weighted by Gasteiger charge is 2.12. The number of hydrogen-bond acceptors (Lipinski definition) is 7. The number of thioether (sulfide) groups is 1. The summed E-state index contributed by atoms with van der Waals surface area (Å²) < 4.78 is 5.24. The van der Waals surface area contributed by atoms with Crippen LogP contribution in [0.25, 0.3) is 0 Å². The van der Waals surface area contributed by atoms with Gasteiger partial charge in [0, 0.05) is 37.5 Å². The number of nitrogens with one attached hydrogen (secondary N) is 1. The summed E-state index contributed by atoms with van der Waals surface area (Å²) >= 11 is 1.34. The number of non-ortho nitro benzene ring substituents is 1. The predicted octanol–water partition coefficient (Wildman–Crippen LogP) is 2.62. The lowest BCUT2D eigenvalue weighted by Crippen LogP contribution is -1.96. The maximum absolute atomic E-state index is 10.8. The van der Waals surface area contributed by atoms with Crippen molar-refractivity contribution >= 4 is 23.1 Å². The van der Waals surface area contributed by atoms with Crippen LogP contribution in [0, 0.1) is 17.0 Å². The summed E-state index contributed by atoms with van der Waals surface area (Å²) in [5.74, 6) is 1.01.